The number of hydrogen-bond donors (Lipinski definition) is 1. The highest BCUT2D eigenvalue weighted by Gasteiger charge is 2.28. The van der Waals surface area contributed by atoms with E-state index in [1.54, 1.807) is 25.1 Å². The normalized spacial score (nSPS) is 12.5. The van der Waals surface area contributed by atoms with Crippen molar-refractivity contribution >= 4 is 5.91 Å². The molecule has 4 nitrogen and oxygen atoms in total. The molecule has 0 bridgehead atoms. The van der Waals surface area contributed by atoms with Gasteiger partial charge < -0.3 is 14.8 Å². The Morgan fingerprint density at radius 1 is 1.36 bits per heavy atom. The molecule has 0 saturated carbocycles. The van der Waals surface area contributed by atoms with Crippen LogP contribution in [0.5, 0.6) is 5.75 Å². The lowest BCUT2D eigenvalue weighted by molar-refractivity contribution is -0.153. The monoisotopic (exact) mass is 317 g/mol. The zero-order valence-corrected chi connectivity index (χ0v) is 12.2. The number of ether oxygens (including phenoxy) is 2. The van der Waals surface area contributed by atoms with Crippen molar-refractivity contribution in [2.45, 2.75) is 25.7 Å². The second-order valence-corrected chi connectivity index (χ2v) is 4.53. The van der Waals surface area contributed by atoms with Crippen molar-refractivity contribution in [3.8, 4) is 5.75 Å². The first-order chi connectivity index (χ1) is 10.3. The third kappa shape index (κ3) is 7.12. The molecule has 0 unspecified atom stereocenters. The lowest BCUT2D eigenvalue weighted by Crippen LogP contribution is -2.34. The second kappa shape index (κ2) is 8.43. The highest BCUT2D eigenvalue weighted by molar-refractivity contribution is 5.80. The van der Waals surface area contributed by atoms with Crippen LogP contribution in [0.2, 0.25) is 0 Å². The molecule has 0 aliphatic heterocycles. The summed E-state index contributed by atoms with van der Waals surface area (Å²) in [6.07, 6.45) is -3.43. The molecule has 0 heterocycles. The van der Waals surface area contributed by atoms with Crippen LogP contribution < -0.4 is 10.1 Å². The first-order valence-electron chi connectivity index (χ1n) is 6.60. The van der Waals surface area contributed by atoms with Gasteiger partial charge in [-0.1, -0.05) is 18.2 Å². The number of hydrogen-bond acceptors (Lipinski definition) is 3. The van der Waals surface area contributed by atoms with Gasteiger partial charge in [0, 0.05) is 6.54 Å². The zero-order valence-electron chi connectivity index (χ0n) is 12.2. The molecule has 7 heteroatoms. The summed E-state index contributed by atoms with van der Waals surface area (Å²) < 4.78 is 45.8. The van der Waals surface area contributed by atoms with Crippen LogP contribution in [-0.4, -0.2) is 31.4 Å². The van der Waals surface area contributed by atoms with Gasteiger partial charge in [0.1, 0.15) is 11.9 Å². The number of carbonyl (C=O) groups is 1. The molecule has 0 spiro atoms. The van der Waals surface area contributed by atoms with Crippen LogP contribution in [0.25, 0.3) is 0 Å². The molecule has 1 atom stereocenters. The fraction of sp³-hybridized carbons (Fsp3) is 0.400. The summed E-state index contributed by atoms with van der Waals surface area (Å²) in [4.78, 5) is 11.7. The van der Waals surface area contributed by atoms with Crippen molar-refractivity contribution in [3.05, 3.63) is 42.5 Å². The Bertz CT molecular complexity index is 486. The van der Waals surface area contributed by atoms with E-state index in [9.17, 15) is 18.0 Å². The molecule has 122 valence electrons. The standard InChI is InChI=1S/C15H18F3NO3/c1-3-8-21-11(2)14(20)19-9-12-4-6-13(7-5-12)22-10-15(16,17)18/h3-7,11H,1,8-10H2,2H3,(H,19,20)/t11-/m1/s1. The SMILES string of the molecule is C=CCO[C@H](C)C(=O)NCc1ccc(OCC(F)(F)F)cc1. The number of carbonyl (C=O) groups excluding carboxylic acids is 1. The van der Waals surface area contributed by atoms with Crippen LogP contribution in [-0.2, 0) is 16.1 Å². The first-order valence-corrected chi connectivity index (χ1v) is 6.60. The van der Waals surface area contributed by atoms with Gasteiger partial charge in [0.25, 0.3) is 0 Å². The Labute approximate surface area is 126 Å². The quantitative estimate of drug-likeness (QED) is 0.750. The minimum Gasteiger partial charge on any atom is -0.484 e. The molecule has 1 N–H and O–H groups in total. The summed E-state index contributed by atoms with van der Waals surface area (Å²) >= 11 is 0. The summed E-state index contributed by atoms with van der Waals surface area (Å²) in [5, 5.41) is 2.66. The fourth-order valence-corrected chi connectivity index (χ4v) is 1.49. The average Bonchev–Trinajstić information content (AvgIpc) is 2.48. The Morgan fingerprint density at radius 3 is 2.55 bits per heavy atom. The van der Waals surface area contributed by atoms with Crippen LogP contribution in [0.3, 0.4) is 0 Å². The summed E-state index contributed by atoms with van der Waals surface area (Å²) in [5.41, 5.74) is 0.739. The summed E-state index contributed by atoms with van der Waals surface area (Å²) in [6, 6.07) is 6.01. The molecule has 0 aromatic heterocycles. The van der Waals surface area contributed by atoms with Crippen molar-refractivity contribution < 1.29 is 27.4 Å². The van der Waals surface area contributed by atoms with Gasteiger partial charge in [-0.2, -0.15) is 13.2 Å². The van der Waals surface area contributed by atoms with Crippen LogP contribution in [0, 0.1) is 0 Å². The van der Waals surface area contributed by atoms with Crippen molar-refractivity contribution in [1.82, 2.24) is 5.32 Å². The zero-order chi connectivity index (χ0) is 16.6. The summed E-state index contributed by atoms with van der Waals surface area (Å²) in [7, 11) is 0. The van der Waals surface area contributed by atoms with Gasteiger partial charge in [-0.25, -0.2) is 0 Å². The molecule has 0 aliphatic rings. The van der Waals surface area contributed by atoms with Gasteiger partial charge in [0.05, 0.1) is 6.61 Å². The van der Waals surface area contributed by atoms with E-state index in [2.05, 4.69) is 16.6 Å². The minimum absolute atomic E-state index is 0.120. The van der Waals surface area contributed by atoms with Gasteiger partial charge in [-0.3, -0.25) is 4.79 Å². The molecule has 0 saturated heterocycles. The fourth-order valence-electron chi connectivity index (χ4n) is 1.49. The number of amides is 1. The van der Waals surface area contributed by atoms with Crippen molar-refractivity contribution in [1.29, 1.82) is 0 Å². The van der Waals surface area contributed by atoms with Crippen LogP contribution in [0.4, 0.5) is 13.2 Å². The maximum Gasteiger partial charge on any atom is 0.422 e. The number of nitrogens with one attached hydrogen (secondary N) is 1. The highest BCUT2D eigenvalue weighted by atomic mass is 19.4. The molecule has 0 fully saturated rings. The molecule has 1 amide bonds. The van der Waals surface area contributed by atoms with E-state index in [1.165, 1.54) is 12.1 Å². The number of halogens is 3. The number of alkyl halides is 3. The largest absolute Gasteiger partial charge is 0.484 e. The Balaban J connectivity index is 2.41. The van der Waals surface area contributed by atoms with Gasteiger partial charge >= 0.3 is 6.18 Å². The van der Waals surface area contributed by atoms with Crippen LogP contribution >= 0.6 is 0 Å². The Morgan fingerprint density at radius 2 is 2.00 bits per heavy atom. The minimum atomic E-state index is -4.37. The summed E-state index contributed by atoms with van der Waals surface area (Å²) in [5.74, 6) is -0.158. The van der Waals surface area contributed by atoms with E-state index in [4.69, 9.17) is 4.74 Å². The molecule has 1 aromatic carbocycles. The van der Waals surface area contributed by atoms with E-state index in [-0.39, 0.29) is 24.8 Å². The molecule has 1 rings (SSSR count). The van der Waals surface area contributed by atoms with Crippen LogP contribution in [0.15, 0.2) is 36.9 Å². The van der Waals surface area contributed by atoms with E-state index in [1.807, 2.05) is 0 Å². The molecule has 0 radical (unpaired) electrons. The lowest BCUT2D eigenvalue weighted by atomic mass is 10.2. The van der Waals surface area contributed by atoms with Gasteiger partial charge in [-0.05, 0) is 24.6 Å². The molecule has 1 aromatic rings. The molecule has 22 heavy (non-hydrogen) atoms. The van der Waals surface area contributed by atoms with Crippen LogP contribution in [0.1, 0.15) is 12.5 Å². The van der Waals surface area contributed by atoms with Gasteiger partial charge in [-0.15, -0.1) is 6.58 Å². The average molecular weight is 317 g/mol. The lowest BCUT2D eigenvalue weighted by Gasteiger charge is -2.13. The van der Waals surface area contributed by atoms with Gasteiger partial charge in [0.2, 0.25) is 5.91 Å². The number of rotatable bonds is 8. The molecular formula is C15H18F3NO3. The maximum absolute atomic E-state index is 12.0. The Kier molecular flexibility index (Phi) is 6.91. The van der Waals surface area contributed by atoms with E-state index in [0.29, 0.717) is 0 Å². The topological polar surface area (TPSA) is 47.6 Å². The highest BCUT2D eigenvalue weighted by Crippen LogP contribution is 2.18. The van der Waals surface area contributed by atoms with Gasteiger partial charge in [0.15, 0.2) is 6.61 Å². The predicted octanol–water partition coefficient (Wildman–Crippen LogP) is 2.84. The van der Waals surface area contributed by atoms with Crippen molar-refractivity contribution in [2.24, 2.45) is 0 Å². The summed E-state index contributed by atoms with van der Waals surface area (Å²) in [6.45, 7) is 4.30. The first kappa shape index (κ1) is 18.0. The number of benzene rings is 1. The molecular weight excluding hydrogens is 299 g/mol. The van der Waals surface area contributed by atoms with E-state index < -0.39 is 18.9 Å². The third-order valence-electron chi connectivity index (χ3n) is 2.63. The predicted molar refractivity (Wildman–Crippen MR) is 75.4 cm³/mol. The molecule has 0 aliphatic carbocycles. The Hall–Kier alpha value is -2.02. The second-order valence-electron chi connectivity index (χ2n) is 4.53. The maximum atomic E-state index is 12.0. The van der Waals surface area contributed by atoms with Crippen molar-refractivity contribution in [2.75, 3.05) is 13.2 Å². The van der Waals surface area contributed by atoms with Crippen molar-refractivity contribution in [3.63, 3.8) is 0 Å². The smallest absolute Gasteiger partial charge is 0.422 e. The van der Waals surface area contributed by atoms with E-state index in [0.717, 1.165) is 5.56 Å². The van der Waals surface area contributed by atoms with E-state index >= 15 is 0 Å². The third-order valence-corrected chi connectivity index (χ3v) is 2.63.